The number of rotatable bonds is 7. The summed E-state index contributed by atoms with van der Waals surface area (Å²) in [6, 6.07) is 2.67. The molecule has 1 aliphatic heterocycles. The van der Waals surface area contributed by atoms with E-state index in [4.69, 9.17) is 0 Å². The van der Waals surface area contributed by atoms with E-state index in [-0.39, 0.29) is 35.5 Å². The number of hydrogen-bond acceptors (Lipinski definition) is 5. The van der Waals surface area contributed by atoms with Crippen molar-refractivity contribution in [2.45, 2.75) is 56.4 Å². The van der Waals surface area contributed by atoms with E-state index in [2.05, 4.69) is 10.6 Å². The zero-order chi connectivity index (χ0) is 23.0. The third-order valence-corrected chi connectivity index (χ3v) is 8.13. The molecule has 4 amide bonds. The zero-order valence-electron chi connectivity index (χ0n) is 18.4. The van der Waals surface area contributed by atoms with Crippen LogP contribution < -0.4 is 10.6 Å². The molecule has 0 atom stereocenters. The van der Waals surface area contributed by atoms with E-state index >= 15 is 0 Å². The van der Waals surface area contributed by atoms with Gasteiger partial charge in [0, 0.05) is 32.7 Å². The van der Waals surface area contributed by atoms with Crippen LogP contribution in [0.1, 0.15) is 53.6 Å². The smallest absolute Gasteiger partial charge is 0.325 e. The van der Waals surface area contributed by atoms with Gasteiger partial charge in [-0.05, 0) is 56.4 Å². The predicted molar refractivity (Wildman–Crippen MR) is 115 cm³/mol. The molecule has 0 aromatic heterocycles. The summed E-state index contributed by atoms with van der Waals surface area (Å²) in [7, 11) is -0.787. The molecule has 1 saturated heterocycles. The largest absolute Gasteiger partial charge is 0.352 e. The van der Waals surface area contributed by atoms with Gasteiger partial charge in [0.15, 0.2) is 0 Å². The number of hydrogen-bond donors (Lipinski definition) is 2. The van der Waals surface area contributed by atoms with Gasteiger partial charge in [-0.3, -0.25) is 14.5 Å². The van der Waals surface area contributed by atoms with Crippen molar-refractivity contribution in [2.24, 2.45) is 0 Å². The highest BCUT2D eigenvalue weighted by Crippen LogP contribution is 2.35. The lowest BCUT2D eigenvalue weighted by atomic mass is 9.98. The second-order valence-corrected chi connectivity index (χ2v) is 10.6. The number of aryl methyl sites for hydroxylation is 1. The summed E-state index contributed by atoms with van der Waals surface area (Å²) in [5.74, 6) is -0.572. The fourth-order valence-corrected chi connectivity index (χ4v) is 5.38. The van der Waals surface area contributed by atoms with Gasteiger partial charge >= 0.3 is 6.03 Å². The first-order chi connectivity index (χ1) is 14.5. The van der Waals surface area contributed by atoms with Crippen molar-refractivity contribution in [1.29, 1.82) is 0 Å². The predicted octanol–water partition coefficient (Wildman–Crippen LogP) is 1.54. The molecule has 1 aliphatic carbocycles. The molecule has 1 spiro atoms. The number of amides is 4. The van der Waals surface area contributed by atoms with Crippen molar-refractivity contribution in [1.82, 2.24) is 19.8 Å². The van der Waals surface area contributed by atoms with E-state index in [0.717, 1.165) is 17.1 Å². The Balaban J connectivity index is 1.61. The summed E-state index contributed by atoms with van der Waals surface area (Å²) in [5, 5.41) is 5.59. The quantitative estimate of drug-likeness (QED) is 0.483. The van der Waals surface area contributed by atoms with Crippen LogP contribution in [0, 0.1) is 13.8 Å². The summed E-state index contributed by atoms with van der Waals surface area (Å²) in [6.45, 7) is 3.95. The third-order valence-electron chi connectivity index (χ3n) is 6.19. The van der Waals surface area contributed by atoms with Crippen molar-refractivity contribution in [2.75, 3.05) is 27.2 Å². The van der Waals surface area contributed by atoms with E-state index in [0.29, 0.717) is 30.4 Å². The van der Waals surface area contributed by atoms with Gasteiger partial charge in [0.05, 0.1) is 4.90 Å². The third kappa shape index (κ3) is 4.31. The van der Waals surface area contributed by atoms with Crippen molar-refractivity contribution in [3.8, 4) is 0 Å². The molecule has 2 N–H and O–H groups in total. The number of imide groups is 1. The fourth-order valence-electron chi connectivity index (χ4n) is 4.16. The molecule has 1 aromatic carbocycles. The molecular weight excluding hydrogens is 420 g/mol. The molecule has 0 unspecified atom stereocenters. The zero-order valence-corrected chi connectivity index (χ0v) is 19.3. The minimum Gasteiger partial charge on any atom is -0.352 e. The molecule has 170 valence electrons. The fraction of sp³-hybridized carbons (Fsp3) is 0.571. The molecule has 3 rings (SSSR count). The molecule has 2 aliphatic rings. The van der Waals surface area contributed by atoms with Gasteiger partial charge < -0.3 is 10.6 Å². The first-order valence-corrected chi connectivity index (χ1v) is 11.9. The van der Waals surface area contributed by atoms with E-state index in [1.807, 2.05) is 0 Å². The Morgan fingerprint density at radius 3 is 2.45 bits per heavy atom. The summed E-state index contributed by atoms with van der Waals surface area (Å²) in [5.41, 5.74) is 0.830. The molecular formula is C21H30N4O5S. The Labute approximate surface area is 183 Å². The number of urea groups is 1. The summed E-state index contributed by atoms with van der Waals surface area (Å²) >= 11 is 0. The highest BCUT2D eigenvalue weighted by Gasteiger charge is 2.51. The van der Waals surface area contributed by atoms with Crippen LogP contribution in [0.3, 0.4) is 0 Å². The number of carbonyl (C=O) groups excluding carboxylic acids is 3. The van der Waals surface area contributed by atoms with Crippen molar-refractivity contribution >= 4 is 27.9 Å². The molecule has 0 radical (unpaired) electrons. The first kappa shape index (κ1) is 23.2. The van der Waals surface area contributed by atoms with E-state index < -0.39 is 21.5 Å². The Hall–Kier alpha value is -2.46. The number of sulfonamides is 1. The highest BCUT2D eigenvalue weighted by molar-refractivity contribution is 7.89. The number of nitrogens with zero attached hydrogens (tertiary/aromatic N) is 2. The van der Waals surface area contributed by atoms with Gasteiger partial charge in [-0.1, -0.05) is 12.8 Å². The summed E-state index contributed by atoms with van der Waals surface area (Å²) in [4.78, 5) is 38.8. The van der Waals surface area contributed by atoms with Gasteiger partial charge in [-0.25, -0.2) is 17.5 Å². The highest BCUT2D eigenvalue weighted by atomic mass is 32.2. The SMILES string of the molecule is Cc1cc(C(=O)NCCCN2C(=O)NC3(CCCC3)C2=O)cc(S(=O)(=O)N(C)C)c1C. The van der Waals surface area contributed by atoms with Gasteiger partial charge in [-0.2, -0.15) is 0 Å². The minimum absolute atomic E-state index is 0.101. The monoisotopic (exact) mass is 450 g/mol. The maximum absolute atomic E-state index is 12.6. The second kappa shape index (κ2) is 8.58. The number of benzene rings is 1. The lowest BCUT2D eigenvalue weighted by Crippen LogP contribution is -2.44. The van der Waals surface area contributed by atoms with Crippen LogP contribution in [0.5, 0.6) is 0 Å². The van der Waals surface area contributed by atoms with Crippen molar-refractivity contribution in [3.63, 3.8) is 0 Å². The Kier molecular flexibility index (Phi) is 6.43. The molecule has 0 bridgehead atoms. The molecule has 10 heteroatoms. The van der Waals surface area contributed by atoms with Crippen molar-refractivity contribution < 1.29 is 22.8 Å². The van der Waals surface area contributed by atoms with Gasteiger partial charge in [0.25, 0.3) is 11.8 Å². The standard InChI is InChI=1S/C21H30N4O5S/c1-14-12-16(13-17(15(14)2)31(29,30)24(3)4)18(26)22-10-7-11-25-19(27)21(23-20(25)28)8-5-6-9-21/h12-13H,5-11H2,1-4H3,(H,22,26)(H,23,28). The topological polar surface area (TPSA) is 116 Å². The van der Waals surface area contributed by atoms with E-state index in [1.54, 1.807) is 19.9 Å². The van der Waals surface area contributed by atoms with Crippen LogP contribution in [0.4, 0.5) is 4.79 Å². The van der Waals surface area contributed by atoms with Gasteiger partial charge in [0.1, 0.15) is 5.54 Å². The van der Waals surface area contributed by atoms with Crippen LogP contribution in [-0.4, -0.2) is 68.2 Å². The normalized spacial score (nSPS) is 18.2. The molecule has 1 saturated carbocycles. The molecule has 9 nitrogen and oxygen atoms in total. The van der Waals surface area contributed by atoms with Crippen LogP contribution in [0.2, 0.25) is 0 Å². The second-order valence-electron chi connectivity index (χ2n) is 8.49. The Morgan fingerprint density at radius 1 is 1.19 bits per heavy atom. The molecule has 1 heterocycles. The van der Waals surface area contributed by atoms with Crippen LogP contribution in [0.15, 0.2) is 17.0 Å². The summed E-state index contributed by atoms with van der Waals surface area (Å²) in [6.07, 6.45) is 3.62. The lowest BCUT2D eigenvalue weighted by molar-refractivity contribution is -0.131. The van der Waals surface area contributed by atoms with Crippen LogP contribution in [-0.2, 0) is 14.8 Å². The Morgan fingerprint density at radius 2 is 1.84 bits per heavy atom. The maximum Gasteiger partial charge on any atom is 0.325 e. The van der Waals surface area contributed by atoms with E-state index in [1.165, 1.54) is 25.1 Å². The molecule has 2 fully saturated rings. The summed E-state index contributed by atoms with van der Waals surface area (Å²) < 4.78 is 26.3. The van der Waals surface area contributed by atoms with Gasteiger partial charge in [-0.15, -0.1) is 0 Å². The Bertz CT molecular complexity index is 1010. The first-order valence-electron chi connectivity index (χ1n) is 10.5. The van der Waals surface area contributed by atoms with Crippen LogP contribution >= 0.6 is 0 Å². The van der Waals surface area contributed by atoms with Gasteiger partial charge in [0.2, 0.25) is 10.0 Å². The molecule has 31 heavy (non-hydrogen) atoms. The van der Waals surface area contributed by atoms with E-state index in [9.17, 15) is 22.8 Å². The number of nitrogens with one attached hydrogen (secondary N) is 2. The maximum atomic E-state index is 12.6. The van der Waals surface area contributed by atoms with Crippen molar-refractivity contribution in [3.05, 3.63) is 28.8 Å². The molecule has 1 aromatic rings. The average molecular weight is 451 g/mol. The van der Waals surface area contributed by atoms with Crippen LogP contribution in [0.25, 0.3) is 0 Å². The number of carbonyl (C=O) groups is 3. The minimum atomic E-state index is -3.68. The lowest BCUT2D eigenvalue weighted by Gasteiger charge is -2.20. The average Bonchev–Trinajstić information content (AvgIpc) is 3.26.